The fraction of sp³-hybridized carbons (Fsp3) is 0.647. The first-order chi connectivity index (χ1) is 9.95. The van der Waals surface area contributed by atoms with Crippen molar-refractivity contribution in [2.24, 2.45) is 0 Å². The van der Waals surface area contributed by atoms with Gasteiger partial charge in [-0.15, -0.1) is 0 Å². The lowest BCUT2D eigenvalue weighted by Crippen LogP contribution is -2.37. The number of nitrogens with zero attached hydrogens (tertiary/aromatic N) is 1. The molecule has 1 saturated heterocycles. The molecule has 20 heavy (non-hydrogen) atoms. The lowest BCUT2D eigenvalue weighted by atomic mass is 10.1. The fourth-order valence-corrected chi connectivity index (χ4v) is 2.60. The Morgan fingerprint density at radius 3 is 2.50 bits per heavy atom. The van der Waals surface area contributed by atoms with Gasteiger partial charge in [0.15, 0.2) is 0 Å². The number of hydrogen-bond donors (Lipinski definition) is 1. The molecule has 1 aromatic rings. The Kier molecular flexibility index (Phi) is 7.68. The first kappa shape index (κ1) is 15.5. The van der Waals surface area contributed by atoms with Gasteiger partial charge in [-0.3, -0.25) is 4.90 Å². The Morgan fingerprint density at radius 2 is 1.70 bits per heavy atom. The van der Waals surface area contributed by atoms with Crippen LogP contribution in [0.1, 0.15) is 24.8 Å². The van der Waals surface area contributed by atoms with Crippen molar-refractivity contribution in [3.05, 3.63) is 35.9 Å². The topological polar surface area (TPSA) is 24.5 Å². The van der Waals surface area contributed by atoms with Crippen LogP contribution in [-0.4, -0.2) is 50.8 Å². The van der Waals surface area contributed by atoms with Gasteiger partial charge in [-0.2, -0.15) is 0 Å². The van der Waals surface area contributed by atoms with Crippen molar-refractivity contribution >= 4 is 0 Å². The second-order valence-corrected chi connectivity index (χ2v) is 5.50. The lowest BCUT2D eigenvalue weighted by Gasteiger charge is -2.26. The van der Waals surface area contributed by atoms with Gasteiger partial charge in [-0.1, -0.05) is 30.3 Å². The molecule has 3 heteroatoms. The molecule has 0 atom stereocenters. The molecule has 0 spiro atoms. The largest absolute Gasteiger partial charge is 0.379 e. The average molecular weight is 276 g/mol. The van der Waals surface area contributed by atoms with Crippen LogP contribution in [0.15, 0.2) is 30.3 Å². The molecule has 0 radical (unpaired) electrons. The van der Waals surface area contributed by atoms with Crippen LogP contribution in [0.2, 0.25) is 0 Å². The fourth-order valence-electron chi connectivity index (χ4n) is 2.60. The summed E-state index contributed by atoms with van der Waals surface area (Å²) in [5.41, 5.74) is 1.46. The summed E-state index contributed by atoms with van der Waals surface area (Å²) in [7, 11) is 0. The van der Waals surface area contributed by atoms with Gasteiger partial charge in [0, 0.05) is 13.1 Å². The van der Waals surface area contributed by atoms with Crippen molar-refractivity contribution in [2.75, 3.05) is 45.9 Å². The second-order valence-electron chi connectivity index (χ2n) is 5.50. The average Bonchev–Trinajstić information content (AvgIpc) is 2.52. The molecular weight excluding hydrogens is 248 g/mol. The number of morpholine rings is 1. The highest BCUT2D eigenvalue weighted by molar-refractivity contribution is 5.14. The quantitative estimate of drug-likeness (QED) is 0.701. The number of ether oxygens (including phenoxy) is 1. The molecule has 0 saturated carbocycles. The third-order valence-electron chi connectivity index (χ3n) is 3.84. The number of benzene rings is 1. The molecule has 0 amide bonds. The lowest BCUT2D eigenvalue weighted by molar-refractivity contribution is 0.0374. The maximum Gasteiger partial charge on any atom is 0.0594 e. The Hall–Kier alpha value is -0.900. The third-order valence-corrected chi connectivity index (χ3v) is 3.84. The zero-order valence-corrected chi connectivity index (χ0v) is 12.5. The van der Waals surface area contributed by atoms with Crippen LogP contribution in [-0.2, 0) is 11.2 Å². The van der Waals surface area contributed by atoms with E-state index >= 15 is 0 Å². The Morgan fingerprint density at radius 1 is 0.950 bits per heavy atom. The summed E-state index contributed by atoms with van der Waals surface area (Å²) >= 11 is 0. The first-order valence-electron chi connectivity index (χ1n) is 8.00. The Labute approximate surface area is 123 Å². The molecule has 0 aliphatic carbocycles. The molecule has 1 aliphatic heterocycles. The Bertz CT molecular complexity index is 336. The molecule has 1 aliphatic rings. The number of unbranched alkanes of at least 4 members (excludes halogenated alkanes) is 1. The van der Waals surface area contributed by atoms with E-state index in [1.54, 1.807) is 0 Å². The minimum atomic E-state index is 0.910. The minimum Gasteiger partial charge on any atom is -0.379 e. The van der Waals surface area contributed by atoms with Crippen molar-refractivity contribution in [1.82, 2.24) is 10.2 Å². The van der Waals surface area contributed by atoms with Crippen LogP contribution in [0, 0.1) is 0 Å². The van der Waals surface area contributed by atoms with Gasteiger partial charge in [0.2, 0.25) is 0 Å². The normalized spacial score (nSPS) is 16.4. The van der Waals surface area contributed by atoms with E-state index in [-0.39, 0.29) is 0 Å². The number of aryl methyl sites for hydroxylation is 1. The first-order valence-corrected chi connectivity index (χ1v) is 8.00. The summed E-state index contributed by atoms with van der Waals surface area (Å²) < 4.78 is 5.35. The van der Waals surface area contributed by atoms with Crippen LogP contribution >= 0.6 is 0 Å². The summed E-state index contributed by atoms with van der Waals surface area (Å²) in [6, 6.07) is 10.8. The number of rotatable bonds is 9. The van der Waals surface area contributed by atoms with Crippen LogP contribution in [0.5, 0.6) is 0 Å². The number of hydrogen-bond acceptors (Lipinski definition) is 3. The molecule has 1 N–H and O–H groups in total. The molecule has 0 unspecified atom stereocenters. The van der Waals surface area contributed by atoms with Crippen molar-refractivity contribution in [2.45, 2.75) is 25.7 Å². The molecule has 1 fully saturated rings. The van der Waals surface area contributed by atoms with Gasteiger partial charge in [0.25, 0.3) is 0 Å². The molecule has 0 bridgehead atoms. The predicted octanol–water partition coefficient (Wildman–Crippen LogP) is 2.32. The highest BCUT2D eigenvalue weighted by atomic mass is 16.5. The van der Waals surface area contributed by atoms with E-state index in [0.717, 1.165) is 39.4 Å². The number of nitrogens with one attached hydrogen (secondary N) is 1. The van der Waals surface area contributed by atoms with Gasteiger partial charge >= 0.3 is 0 Å². The van der Waals surface area contributed by atoms with Gasteiger partial charge in [0.05, 0.1) is 13.2 Å². The van der Waals surface area contributed by atoms with Crippen molar-refractivity contribution in [3.8, 4) is 0 Å². The smallest absolute Gasteiger partial charge is 0.0594 e. The Balaban J connectivity index is 1.38. The van der Waals surface area contributed by atoms with Gasteiger partial charge in [-0.05, 0) is 50.9 Å². The summed E-state index contributed by atoms with van der Waals surface area (Å²) in [5, 5.41) is 3.55. The second kappa shape index (κ2) is 9.92. The standard InChI is InChI=1S/C17H28N2O/c1-2-7-17(8-3-1)9-4-5-10-18-11-6-12-19-13-15-20-16-14-19/h1-3,7-8,18H,4-6,9-16H2. The minimum absolute atomic E-state index is 0.910. The summed E-state index contributed by atoms with van der Waals surface area (Å²) in [5.74, 6) is 0. The third kappa shape index (κ3) is 6.51. The SMILES string of the molecule is c1ccc(CCCCNCCCN2CCOCC2)cc1. The van der Waals surface area contributed by atoms with Gasteiger partial charge in [0.1, 0.15) is 0 Å². The molecule has 0 aromatic heterocycles. The zero-order valence-electron chi connectivity index (χ0n) is 12.5. The molecule has 1 heterocycles. The molecule has 2 rings (SSSR count). The molecule has 3 nitrogen and oxygen atoms in total. The van der Waals surface area contributed by atoms with Crippen LogP contribution < -0.4 is 5.32 Å². The maximum atomic E-state index is 5.35. The molecule has 1 aromatic carbocycles. The van der Waals surface area contributed by atoms with Crippen LogP contribution in [0.25, 0.3) is 0 Å². The van der Waals surface area contributed by atoms with Crippen LogP contribution in [0.3, 0.4) is 0 Å². The summed E-state index contributed by atoms with van der Waals surface area (Å²) in [6.07, 6.45) is 5.00. The monoisotopic (exact) mass is 276 g/mol. The van der Waals surface area contributed by atoms with E-state index < -0.39 is 0 Å². The van der Waals surface area contributed by atoms with E-state index in [0.29, 0.717) is 0 Å². The van der Waals surface area contributed by atoms with Crippen molar-refractivity contribution < 1.29 is 4.74 Å². The maximum absolute atomic E-state index is 5.35. The highest BCUT2D eigenvalue weighted by Gasteiger charge is 2.08. The van der Waals surface area contributed by atoms with E-state index in [9.17, 15) is 0 Å². The van der Waals surface area contributed by atoms with E-state index in [4.69, 9.17) is 4.74 Å². The van der Waals surface area contributed by atoms with Gasteiger partial charge in [-0.25, -0.2) is 0 Å². The van der Waals surface area contributed by atoms with E-state index in [2.05, 4.69) is 40.5 Å². The van der Waals surface area contributed by atoms with Crippen molar-refractivity contribution in [3.63, 3.8) is 0 Å². The molecule has 112 valence electrons. The van der Waals surface area contributed by atoms with Crippen LogP contribution in [0.4, 0.5) is 0 Å². The predicted molar refractivity (Wildman–Crippen MR) is 84.1 cm³/mol. The highest BCUT2D eigenvalue weighted by Crippen LogP contribution is 2.03. The summed E-state index contributed by atoms with van der Waals surface area (Å²) in [4.78, 5) is 2.50. The van der Waals surface area contributed by atoms with Crippen molar-refractivity contribution in [1.29, 1.82) is 0 Å². The van der Waals surface area contributed by atoms with E-state index in [1.165, 1.54) is 37.8 Å². The van der Waals surface area contributed by atoms with Gasteiger partial charge < -0.3 is 10.1 Å². The molecular formula is C17H28N2O. The zero-order chi connectivity index (χ0) is 13.9. The van der Waals surface area contributed by atoms with E-state index in [1.807, 2.05) is 0 Å². The summed E-state index contributed by atoms with van der Waals surface area (Å²) in [6.45, 7) is 7.53.